The van der Waals surface area contributed by atoms with Crippen molar-refractivity contribution in [3.05, 3.63) is 94.5 Å². The van der Waals surface area contributed by atoms with Gasteiger partial charge in [0.05, 0.1) is 5.56 Å². The van der Waals surface area contributed by atoms with E-state index in [1.807, 2.05) is 85.5 Å². The zero-order valence-electron chi connectivity index (χ0n) is 15.4. The Balaban J connectivity index is 1.80. The van der Waals surface area contributed by atoms with Gasteiger partial charge in [-0.2, -0.15) is 0 Å². The summed E-state index contributed by atoms with van der Waals surface area (Å²) in [5.74, 6) is 0.303. The minimum absolute atomic E-state index is 0.00147. The molecule has 0 saturated heterocycles. The Morgan fingerprint density at radius 1 is 0.963 bits per heavy atom. The number of para-hydroxylation sites is 1. The number of aromatic hydroxyl groups is 1. The van der Waals surface area contributed by atoms with Crippen LogP contribution in [-0.2, 0) is 6.54 Å². The third-order valence-electron chi connectivity index (χ3n) is 5.05. The lowest BCUT2D eigenvalue weighted by Gasteiger charge is -2.38. The molecule has 0 aliphatic carbocycles. The number of rotatable bonds is 3. The van der Waals surface area contributed by atoms with E-state index >= 15 is 0 Å². The highest BCUT2D eigenvalue weighted by Gasteiger charge is 2.33. The highest BCUT2D eigenvalue weighted by Crippen LogP contribution is 2.36. The lowest BCUT2D eigenvalue weighted by Crippen LogP contribution is -2.42. The van der Waals surface area contributed by atoms with Gasteiger partial charge in [0.1, 0.15) is 11.9 Å². The summed E-state index contributed by atoms with van der Waals surface area (Å²) in [7, 11) is 0. The first-order chi connectivity index (χ1) is 13.0. The molecule has 27 heavy (non-hydrogen) atoms. The molecule has 4 heteroatoms. The molecule has 0 radical (unpaired) electrons. The lowest BCUT2D eigenvalue weighted by molar-refractivity contribution is 0.0666. The Hall–Kier alpha value is -3.27. The van der Waals surface area contributed by atoms with Crippen molar-refractivity contribution in [3.63, 3.8) is 0 Å². The average molecular weight is 358 g/mol. The third-order valence-corrected chi connectivity index (χ3v) is 5.05. The molecule has 1 heterocycles. The first-order valence-corrected chi connectivity index (χ1v) is 9.05. The molecule has 0 unspecified atom stereocenters. The van der Waals surface area contributed by atoms with Crippen LogP contribution in [0.15, 0.2) is 66.7 Å². The Morgan fingerprint density at radius 2 is 1.59 bits per heavy atom. The van der Waals surface area contributed by atoms with Gasteiger partial charge >= 0.3 is 0 Å². The summed E-state index contributed by atoms with van der Waals surface area (Å²) in [6.45, 7) is 4.27. The van der Waals surface area contributed by atoms with Crippen molar-refractivity contribution in [2.75, 3.05) is 5.32 Å². The monoisotopic (exact) mass is 358 g/mol. The van der Waals surface area contributed by atoms with Crippen molar-refractivity contribution in [1.82, 2.24) is 4.90 Å². The van der Waals surface area contributed by atoms with Gasteiger partial charge in [-0.15, -0.1) is 0 Å². The van der Waals surface area contributed by atoms with Crippen LogP contribution in [0.4, 0.5) is 5.69 Å². The van der Waals surface area contributed by atoms with Crippen LogP contribution in [-0.4, -0.2) is 15.9 Å². The van der Waals surface area contributed by atoms with Gasteiger partial charge in [-0.3, -0.25) is 4.79 Å². The van der Waals surface area contributed by atoms with Gasteiger partial charge in [0, 0.05) is 12.2 Å². The minimum atomic E-state index is -0.300. The van der Waals surface area contributed by atoms with E-state index in [0.717, 1.165) is 27.9 Å². The van der Waals surface area contributed by atoms with Crippen LogP contribution in [0, 0.1) is 13.8 Å². The predicted octanol–water partition coefficient (Wildman–Crippen LogP) is 4.78. The number of phenols is 1. The maximum atomic E-state index is 13.3. The van der Waals surface area contributed by atoms with Crippen LogP contribution in [0.2, 0.25) is 0 Å². The summed E-state index contributed by atoms with van der Waals surface area (Å²) in [6.07, 6.45) is -0.300. The molecule has 136 valence electrons. The van der Waals surface area contributed by atoms with Crippen LogP contribution < -0.4 is 5.32 Å². The molecule has 1 aliphatic heterocycles. The van der Waals surface area contributed by atoms with E-state index < -0.39 is 0 Å². The van der Waals surface area contributed by atoms with Crippen LogP contribution in [0.1, 0.15) is 38.8 Å². The fraction of sp³-hybridized carbons (Fsp3) is 0.174. The zero-order valence-corrected chi connectivity index (χ0v) is 15.4. The number of phenolic OH excluding ortho intramolecular Hbond substituents is 1. The second-order valence-corrected chi connectivity index (χ2v) is 7.01. The normalized spacial score (nSPS) is 16.0. The highest BCUT2D eigenvalue weighted by molar-refractivity contribution is 6.01. The number of hydrogen-bond donors (Lipinski definition) is 2. The van der Waals surface area contributed by atoms with E-state index in [0.29, 0.717) is 17.9 Å². The largest absolute Gasteiger partial charge is 0.507 e. The Bertz CT molecular complexity index is 975. The number of anilines is 1. The van der Waals surface area contributed by atoms with Crippen LogP contribution in [0.25, 0.3) is 0 Å². The van der Waals surface area contributed by atoms with E-state index in [2.05, 4.69) is 5.32 Å². The van der Waals surface area contributed by atoms with Gasteiger partial charge in [0.2, 0.25) is 0 Å². The third kappa shape index (κ3) is 3.14. The van der Waals surface area contributed by atoms with Crippen molar-refractivity contribution in [2.45, 2.75) is 26.6 Å². The predicted molar refractivity (Wildman–Crippen MR) is 107 cm³/mol. The minimum Gasteiger partial charge on any atom is -0.507 e. The topological polar surface area (TPSA) is 52.6 Å². The van der Waals surface area contributed by atoms with Crippen molar-refractivity contribution in [2.24, 2.45) is 0 Å². The number of amides is 1. The molecule has 1 amide bonds. The molecule has 1 aliphatic rings. The van der Waals surface area contributed by atoms with Crippen molar-refractivity contribution in [1.29, 1.82) is 0 Å². The summed E-state index contributed by atoms with van der Waals surface area (Å²) >= 11 is 0. The van der Waals surface area contributed by atoms with Gasteiger partial charge in [-0.05, 0) is 60.4 Å². The Kier molecular flexibility index (Phi) is 4.32. The van der Waals surface area contributed by atoms with Crippen LogP contribution in [0.3, 0.4) is 0 Å². The maximum absolute atomic E-state index is 13.3. The van der Waals surface area contributed by atoms with E-state index in [4.69, 9.17) is 0 Å². The number of aryl methyl sites for hydroxylation is 2. The van der Waals surface area contributed by atoms with Crippen molar-refractivity contribution < 1.29 is 9.90 Å². The SMILES string of the molecule is Cc1cc([C@@H]2Nc3ccccc3C(=O)N2Cc2ccccc2)cc(C)c1O. The molecule has 4 nitrogen and oxygen atoms in total. The molecule has 0 saturated carbocycles. The second kappa shape index (κ2) is 6.80. The number of nitrogens with one attached hydrogen (secondary N) is 1. The Labute approximate surface area is 159 Å². The molecule has 4 rings (SSSR count). The quantitative estimate of drug-likeness (QED) is 0.709. The number of fused-ring (bicyclic) bond motifs is 1. The summed E-state index contributed by atoms with van der Waals surface area (Å²) in [4.78, 5) is 15.1. The van der Waals surface area contributed by atoms with Gasteiger partial charge < -0.3 is 15.3 Å². The van der Waals surface area contributed by atoms with E-state index in [1.165, 1.54) is 0 Å². The van der Waals surface area contributed by atoms with Crippen molar-refractivity contribution >= 4 is 11.6 Å². The molecule has 3 aromatic carbocycles. The highest BCUT2D eigenvalue weighted by atomic mass is 16.3. The molecule has 2 N–H and O–H groups in total. The summed E-state index contributed by atoms with van der Waals surface area (Å²) in [5.41, 5.74) is 5.15. The molecule has 0 spiro atoms. The molecule has 0 fully saturated rings. The van der Waals surface area contributed by atoms with Crippen LogP contribution in [0.5, 0.6) is 5.75 Å². The maximum Gasteiger partial charge on any atom is 0.258 e. The smallest absolute Gasteiger partial charge is 0.258 e. The molecule has 3 aromatic rings. The number of hydrogen-bond acceptors (Lipinski definition) is 3. The van der Waals surface area contributed by atoms with E-state index in [9.17, 15) is 9.90 Å². The summed E-state index contributed by atoms with van der Waals surface area (Å²) < 4.78 is 0. The molecular formula is C23H22N2O2. The first-order valence-electron chi connectivity index (χ1n) is 9.05. The van der Waals surface area contributed by atoms with E-state index in [1.54, 1.807) is 0 Å². The van der Waals surface area contributed by atoms with Gasteiger partial charge in [0.25, 0.3) is 5.91 Å². The molecule has 1 atom stereocenters. The van der Waals surface area contributed by atoms with Gasteiger partial charge in [0.15, 0.2) is 0 Å². The second-order valence-electron chi connectivity index (χ2n) is 7.01. The number of carbonyl (C=O) groups is 1. The lowest BCUT2D eigenvalue weighted by atomic mass is 9.99. The number of carbonyl (C=O) groups excluding carboxylic acids is 1. The molecule has 0 aromatic heterocycles. The number of nitrogens with zero attached hydrogens (tertiary/aromatic N) is 1. The van der Waals surface area contributed by atoms with Gasteiger partial charge in [-0.25, -0.2) is 0 Å². The van der Waals surface area contributed by atoms with Crippen LogP contribution >= 0.6 is 0 Å². The number of benzene rings is 3. The van der Waals surface area contributed by atoms with E-state index in [-0.39, 0.29) is 12.1 Å². The fourth-order valence-corrected chi connectivity index (χ4v) is 3.65. The molecule has 0 bridgehead atoms. The first kappa shape index (κ1) is 17.2. The Morgan fingerprint density at radius 3 is 2.30 bits per heavy atom. The van der Waals surface area contributed by atoms with Crippen molar-refractivity contribution in [3.8, 4) is 5.75 Å². The summed E-state index contributed by atoms with van der Waals surface area (Å²) in [6, 6.07) is 21.5. The standard InChI is InChI=1S/C23H22N2O2/c1-15-12-18(13-16(2)21(15)26)22-24-20-11-7-6-10-19(20)23(27)25(22)14-17-8-4-3-5-9-17/h3-13,22,24,26H,14H2,1-2H3/t22-/m1/s1. The molecular weight excluding hydrogens is 336 g/mol. The average Bonchev–Trinajstić information content (AvgIpc) is 2.68. The fourth-order valence-electron chi connectivity index (χ4n) is 3.65. The zero-order chi connectivity index (χ0) is 19.0. The summed E-state index contributed by atoms with van der Waals surface area (Å²) in [5, 5.41) is 13.7. The van der Waals surface area contributed by atoms with Gasteiger partial charge in [-0.1, -0.05) is 42.5 Å².